The van der Waals surface area contributed by atoms with Crippen molar-refractivity contribution in [2.75, 3.05) is 13.1 Å². The van der Waals surface area contributed by atoms with Gasteiger partial charge >= 0.3 is 12.2 Å². The van der Waals surface area contributed by atoms with Gasteiger partial charge in [0, 0.05) is 19.1 Å². The summed E-state index contributed by atoms with van der Waals surface area (Å²) in [6, 6.07) is 4.08. The van der Waals surface area contributed by atoms with Crippen molar-refractivity contribution in [3.63, 3.8) is 0 Å². The van der Waals surface area contributed by atoms with Crippen LogP contribution in [0.3, 0.4) is 0 Å². The average molecular weight is 341 g/mol. The molecular weight excluding hydrogens is 323 g/mol. The van der Waals surface area contributed by atoms with Crippen LogP contribution in [0.1, 0.15) is 30.4 Å². The number of halogens is 3. The van der Waals surface area contributed by atoms with Crippen LogP contribution in [-0.4, -0.2) is 36.0 Å². The Labute approximate surface area is 137 Å². The van der Waals surface area contributed by atoms with Gasteiger partial charge in [-0.3, -0.25) is 4.79 Å². The van der Waals surface area contributed by atoms with Crippen molar-refractivity contribution in [3.05, 3.63) is 35.4 Å². The van der Waals surface area contributed by atoms with Crippen molar-refractivity contribution in [1.82, 2.24) is 10.2 Å². The molecule has 0 spiro atoms. The summed E-state index contributed by atoms with van der Waals surface area (Å²) < 4.78 is 37.9. The third kappa shape index (κ3) is 3.05. The quantitative estimate of drug-likeness (QED) is 0.882. The van der Waals surface area contributed by atoms with Crippen molar-refractivity contribution >= 4 is 11.9 Å². The van der Waals surface area contributed by atoms with Gasteiger partial charge in [-0.25, -0.2) is 4.79 Å². The molecule has 8 heteroatoms. The lowest BCUT2D eigenvalue weighted by molar-refractivity contribution is -0.137. The zero-order valence-electron chi connectivity index (χ0n) is 12.9. The standard InChI is InChI=1S/C16H18F3N3O2/c17-16(18,19)11-3-1-10(2-4-11)15(6-7-15)13(23)21-12-5-8-22(9-12)14(20)24/h1-4,12H,5-9H2,(H2,20,24)(H,21,23). The lowest BCUT2D eigenvalue weighted by Crippen LogP contribution is -2.44. The number of likely N-dealkylation sites (tertiary alicyclic amines) is 1. The molecule has 1 aliphatic heterocycles. The van der Waals surface area contributed by atoms with Crippen LogP contribution in [0, 0.1) is 0 Å². The molecule has 2 aliphatic rings. The highest BCUT2D eigenvalue weighted by atomic mass is 19.4. The van der Waals surface area contributed by atoms with Gasteiger partial charge in [0.15, 0.2) is 0 Å². The van der Waals surface area contributed by atoms with Crippen LogP contribution in [0.5, 0.6) is 0 Å². The maximum absolute atomic E-state index is 12.6. The fourth-order valence-corrected chi connectivity index (χ4v) is 3.15. The highest BCUT2D eigenvalue weighted by molar-refractivity contribution is 5.91. The third-order valence-corrected chi connectivity index (χ3v) is 4.78. The van der Waals surface area contributed by atoms with E-state index in [9.17, 15) is 22.8 Å². The van der Waals surface area contributed by atoms with Gasteiger partial charge in [0.1, 0.15) is 0 Å². The van der Waals surface area contributed by atoms with Crippen LogP contribution in [0.15, 0.2) is 24.3 Å². The van der Waals surface area contributed by atoms with Crippen LogP contribution < -0.4 is 11.1 Å². The number of carbonyl (C=O) groups excluding carboxylic acids is 2. The minimum Gasteiger partial charge on any atom is -0.351 e. The molecule has 1 unspecified atom stereocenters. The Balaban J connectivity index is 1.68. The summed E-state index contributed by atoms with van der Waals surface area (Å²) in [6.07, 6.45) is -2.55. The summed E-state index contributed by atoms with van der Waals surface area (Å²) >= 11 is 0. The number of alkyl halides is 3. The van der Waals surface area contributed by atoms with Crippen molar-refractivity contribution in [1.29, 1.82) is 0 Å². The SMILES string of the molecule is NC(=O)N1CCC(NC(=O)C2(c3ccc(C(F)(F)F)cc3)CC2)C1. The van der Waals surface area contributed by atoms with E-state index < -0.39 is 23.2 Å². The first kappa shape index (κ1) is 16.6. The van der Waals surface area contributed by atoms with E-state index in [1.165, 1.54) is 17.0 Å². The molecule has 1 saturated carbocycles. The normalized spacial score (nSPS) is 22.3. The average Bonchev–Trinajstić information content (AvgIpc) is 3.20. The van der Waals surface area contributed by atoms with Crippen molar-refractivity contribution in [3.8, 4) is 0 Å². The van der Waals surface area contributed by atoms with E-state index in [4.69, 9.17) is 5.73 Å². The first-order chi connectivity index (χ1) is 11.2. The molecule has 2 fully saturated rings. The number of benzene rings is 1. The second-order valence-corrected chi connectivity index (χ2v) is 6.40. The van der Waals surface area contributed by atoms with Gasteiger partial charge in [-0.15, -0.1) is 0 Å². The van der Waals surface area contributed by atoms with Crippen LogP contribution in [0.2, 0.25) is 0 Å². The predicted octanol–water partition coefficient (Wildman–Crippen LogP) is 2.01. The summed E-state index contributed by atoms with van der Waals surface area (Å²) in [7, 11) is 0. The number of primary amides is 1. The van der Waals surface area contributed by atoms with Gasteiger partial charge in [0.05, 0.1) is 11.0 Å². The van der Waals surface area contributed by atoms with Gasteiger partial charge in [-0.2, -0.15) is 13.2 Å². The maximum atomic E-state index is 12.6. The van der Waals surface area contributed by atoms with Crippen LogP contribution in [0.4, 0.5) is 18.0 Å². The summed E-state index contributed by atoms with van der Waals surface area (Å²) in [5.41, 5.74) is 4.33. The largest absolute Gasteiger partial charge is 0.416 e. The second kappa shape index (κ2) is 5.68. The van der Waals surface area contributed by atoms with E-state index in [1.807, 2.05) is 0 Å². The number of carbonyl (C=O) groups is 2. The number of hydrogen-bond donors (Lipinski definition) is 2. The smallest absolute Gasteiger partial charge is 0.351 e. The van der Waals surface area contributed by atoms with Gasteiger partial charge < -0.3 is 16.0 Å². The highest BCUT2D eigenvalue weighted by Crippen LogP contribution is 2.49. The minimum atomic E-state index is -4.39. The first-order valence-electron chi connectivity index (χ1n) is 7.75. The summed E-state index contributed by atoms with van der Waals surface area (Å²) in [5, 5.41) is 2.90. The number of nitrogens with zero attached hydrogens (tertiary/aromatic N) is 1. The number of hydrogen-bond acceptors (Lipinski definition) is 2. The Morgan fingerprint density at radius 3 is 2.29 bits per heavy atom. The molecular formula is C16H18F3N3O2. The summed E-state index contributed by atoms with van der Waals surface area (Å²) in [4.78, 5) is 25.2. The van der Waals surface area contributed by atoms with E-state index in [0.717, 1.165) is 12.1 Å². The minimum absolute atomic E-state index is 0.170. The molecule has 0 radical (unpaired) electrons. The Morgan fingerprint density at radius 1 is 1.21 bits per heavy atom. The molecule has 1 heterocycles. The molecule has 3 amide bonds. The zero-order chi connectivity index (χ0) is 17.5. The molecule has 1 aromatic rings. The van der Waals surface area contributed by atoms with Gasteiger partial charge in [0.25, 0.3) is 0 Å². The molecule has 0 bridgehead atoms. The van der Waals surface area contributed by atoms with Gasteiger partial charge in [0.2, 0.25) is 5.91 Å². The van der Waals surface area contributed by atoms with E-state index >= 15 is 0 Å². The van der Waals surface area contributed by atoms with Gasteiger partial charge in [-0.05, 0) is 37.0 Å². The molecule has 130 valence electrons. The van der Waals surface area contributed by atoms with E-state index in [-0.39, 0.29) is 11.9 Å². The second-order valence-electron chi connectivity index (χ2n) is 6.40. The lowest BCUT2D eigenvalue weighted by Gasteiger charge is -2.20. The number of nitrogens with two attached hydrogens (primary N) is 1. The summed E-state index contributed by atoms with van der Waals surface area (Å²) in [6.45, 7) is 0.859. The predicted molar refractivity (Wildman–Crippen MR) is 80.1 cm³/mol. The molecule has 3 rings (SSSR count). The van der Waals surface area contributed by atoms with Crippen molar-refractivity contribution < 1.29 is 22.8 Å². The highest BCUT2D eigenvalue weighted by Gasteiger charge is 2.52. The maximum Gasteiger partial charge on any atom is 0.416 e. The third-order valence-electron chi connectivity index (χ3n) is 4.78. The molecule has 24 heavy (non-hydrogen) atoms. The van der Waals surface area contributed by atoms with Gasteiger partial charge in [-0.1, -0.05) is 12.1 Å². The van der Waals surface area contributed by atoms with Crippen molar-refractivity contribution in [2.45, 2.75) is 36.9 Å². The van der Waals surface area contributed by atoms with E-state index in [1.54, 1.807) is 0 Å². The first-order valence-corrected chi connectivity index (χ1v) is 7.75. The van der Waals surface area contributed by atoms with E-state index in [2.05, 4.69) is 5.32 Å². The van der Waals surface area contributed by atoms with Crippen LogP contribution in [-0.2, 0) is 16.4 Å². The topological polar surface area (TPSA) is 75.4 Å². The Hall–Kier alpha value is -2.25. The number of urea groups is 1. The zero-order valence-corrected chi connectivity index (χ0v) is 12.9. The molecule has 1 aliphatic carbocycles. The Morgan fingerprint density at radius 2 is 1.83 bits per heavy atom. The monoisotopic (exact) mass is 341 g/mol. The number of rotatable bonds is 3. The lowest BCUT2D eigenvalue weighted by atomic mass is 9.93. The summed E-state index contributed by atoms with van der Waals surface area (Å²) in [5.74, 6) is -0.196. The molecule has 3 N–H and O–H groups in total. The Kier molecular flexibility index (Phi) is 3.93. The van der Waals surface area contributed by atoms with Crippen LogP contribution >= 0.6 is 0 Å². The molecule has 1 saturated heterocycles. The fourth-order valence-electron chi connectivity index (χ4n) is 3.15. The molecule has 1 aromatic carbocycles. The van der Waals surface area contributed by atoms with Crippen molar-refractivity contribution in [2.24, 2.45) is 5.73 Å². The van der Waals surface area contributed by atoms with E-state index in [0.29, 0.717) is 37.9 Å². The van der Waals surface area contributed by atoms with Crippen LogP contribution in [0.25, 0.3) is 0 Å². The molecule has 1 atom stereocenters. The molecule has 5 nitrogen and oxygen atoms in total. The number of amides is 3. The Bertz CT molecular complexity index is 654. The number of nitrogens with one attached hydrogen (secondary N) is 1. The fraction of sp³-hybridized carbons (Fsp3) is 0.500. The molecule has 0 aromatic heterocycles.